The van der Waals surface area contributed by atoms with E-state index in [2.05, 4.69) is 66.9 Å². The Kier molecular flexibility index (Phi) is 6.39. The standard InChI is InChI=1S/C26H27ClN2O/c1-19-9-10-20(2)25(17-19)30-16-6-5-15-29-24-8-4-3-7-23(24)28-26(29)18-21-11-13-22(27)14-12-21/h3-4,7-14,17H,5-6,15-16,18H2,1-2H3. The number of para-hydroxylation sites is 2. The van der Waals surface area contributed by atoms with Crippen LogP contribution in [0.4, 0.5) is 0 Å². The van der Waals surface area contributed by atoms with E-state index in [0.717, 1.165) is 54.5 Å². The van der Waals surface area contributed by atoms with Gasteiger partial charge in [0.25, 0.3) is 0 Å². The Bertz CT molecular complexity index is 1130. The number of aromatic nitrogens is 2. The van der Waals surface area contributed by atoms with E-state index < -0.39 is 0 Å². The van der Waals surface area contributed by atoms with Crippen molar-refractivity contribution in [2.75, 3.05) is 6.61 Å². The fourth-order valence-electron chi connectivity index (χ4n) is 3.71. The van der Waals surface area contributed by atoms with E-state index in [1.807, 2.05) is 18.2 Å². The molecule has 4 heteroatoms. The zero-order valence-electron chi connectivity index (χ0n) is 17.6. The molecule has 1 aromatic heterocycles. The fourth-order valence-corrected chi connectivity index (χ4v) is 3.84. The van der Waals surface area contributed by atoms with Crippen LogP contribution in [0.5, 0.6) is 5.75 Å². The van der Waals surface area contributed by atoms with Gasteiger partial charge in [-0.25, -0.2) is 4.98 Å². The Hall–Kier alpha value is -2.78. The average Bonchev–Trinajstić information content (AvgIpc) is 3.09. The molecule has 0 bridgehead atoms. The van der Waals surface area contributed by atoms with Crippen LogP contribution in [0.3, 0.4) is 0 Å². The highest BCUT2D eigenvalue weighted by molar-refractivity contribution is 6.30. The number of unbranched alkanes of at least 4 members (excludes halogenated alkanes) is 1. The molecule has 0 aliphatic carbocycles. The number of ether oxygens (including phenoxy) is 1. The van der Waals surface area contributed by atoms with E-state index in [4.69, 9.17) is 21.3 Å². The van der Waals surface area contributed by atoms with Crippen molar-refractivity contribution in [3.8, 4) is 5.75 Å². The van der Waals surface area contributed by atoms with Crippen LogP contribution in [0.15, 0.2) is 66.7 Å². The third kappa shape index (κ3) is 4.85. The summed E-state index contributed by atoms with van der Waals surface area (Å²) >= 11 is 6.04. The molecular weight excluding hydrogens is 392 g/mol. The lowest BCUT2D eigenvalue weighted by molar-refractivity contribution is 0.301. The highest BCUT2D eigenvalue weighted by atomic mass is 35.5. The molecule has 0 atom stereocenters. The fraction of sp³-hybridized carbons (Fsp3) is 0.269. The lowest BCUT2D eigenvalue weighted by atomic mass is 10.1. The third-order valence-corrected chi connectivity index (χ3v) is 5.64. The number of aryl methyl sites for hydroxylation is 3. The van der Waals surface area contributed by atoms with Gasteiger partial charge in [-0.1, -0.05) is 48.0 Å². The first-order valence-electron chi connectivity index (χ1n) is 10.5. The molecule has 4 rings (SSSR count). The van der Waals surface area contributed by atoms with Crippen molar-refractivity contribution in [2.24, 2.45) is 0 Å². The van der Waals surface area contributed by atoms with Gasteiger partial charge in [0, 0.05) is 18.0 Å². The SMILES string of the molecule is Cc1ccc(C)c(OCCCCn2c(Cc3ccc(Cl)cc3)nc3ccccc32)c1. The molecule has 154 valence electrons. The third-order valence-electron chi connectivity index (χ3n) is 5.39. The van der Waals surface area contributed by atoms with Crippen LogP contribution in [0.25, 0.3) is 11.0 Å². The van der Waals surface area contributed by atoms with Gasteiger partial charge in [0.2, 0.25) is 0 Å². The maximum Gasteiger partial charge on any atom is 0.122 e. The molecule has 0 saturated carbocycles. The van der Waals surface area contributed by atoms with Crippen LogP contribution in [0, 0.1) is 13.8 Å². The van der Waals surface area contributed by atoms with Crippen molar-refractivity contribution in [3.63, 3.8) is 0 Å². The zero-order valence-corrected chi connectivity index (χ0v) is 18.3. The van der Waals surface area contributed by atoms with E-state index in [-0.39, 0.29) is 0 Å². The number of fused-ring (bicyclic) bond motifs is 1. The molecule has 0 aliphatic rings. The van der Waals surface area contributed by atoms with E-state index in [9.17, 15) is 0 Å². The quantitative estimate of drug-likeness (QED) is 0.296. The zero-order chi connectivity index (χ0) is 20.9. The summed E-state index contributed by atoms with van der Waals surface area (Å²) in [5, 5.41) is 0.760. The molecule has 3 aromatic carbocycles. The van der Waals surface area contributed by atoms with Gasteiger partial charge < -0.3 is 9.30 Å². The van der Waals surface area contributed by atoms with Crippen molar-refractivity contribution in [1.82, 2.24) is 9.55 Å². The summed E-state index contributed by atoms with van der Waals surface area (Å²) in [5.41, 5.74) is 5.87. The minimum absolute atomic E-state index is 0.726. The minimum atomic E-state index is 0.726. The molecule has 0 fully saturated rings. The Morgan fingerprint density at radius 1 is 0.933 bits per heavy atom. The topological polar surface area (TPSA) is 27.1 Å². The summed E-state index contributed by atoms with van der Waals surface area (Å²) in [7, 11) is 0. The minimum Gasteiger partial charge on any atom is -0.493 e. The van der Waals surface area contributed by atoms with Gasteiger partial charge in [-0.2, -0.15) is 0 Å². The highest BCUT2D eigenvalue weighted by Crippen LogP contribution is 2.22. The van der Waals surface area contributed by atoms with Crippen LogP contribution < -0.4 is 4.74 Å². The lowest BCUT2D eigenvalue weighted by Gasteiger charge is -2.12. The number of rotatable bonds is 8. The van der Waals surface area contributed by atoms with Crippen LogP contribution in [0.2, 0.25) is 5.02 Å². The Labute approximate surface area is 183 Å². The first kappa shape index (κ1) is 20.5. The summed E-state index contributed by atoms with van der Waals surface area (Å²) in [5.74, 6) is 2.08. The molecule has 0 radical (unpaired) electrons. The summed E-state index contributed by atoms with van der Waals surface area (Å²) in [6, 6.07) is 22.7. The summed E-state index contributed by atoms with van der Waals surface area (Å²) in [6.07, 6.45) is 2.84. The summed E-state index contributed by atoms with van der Waals surface area (Å²) in [6.45, 7) is 5.84. The van der Waals surface area contributed by atoms with Crippen molar-refractivity contribution in [2.45, 2.75) is 39.7 Å². The van der Waals surface area contributed by atoms with Crippen LogP contribution in [-0.2, 0) is 13.0 Å². The Balaban J connectivity index is 1.42. The van der Waals surface area contributed by atoms with Crippen LogP contribution in [-0.4, -0.2) is 16.2 Å². The molecule has 0 spiro atoms. The maximum atomic E-state index is 6.04. The second-order valence-electron chi connectivity index (χ2n) is 7.80. The van der Waals surface area contributed by atoms with Crippen LogP contribution in [0.1, 0.15) is 35.4 Å². The van der Waals surface area contributed by atoms with Gasteiger partial charge in [-0.3, -0.25) is 0 Å². The van der Waals surface area contributed by atoms with Gasteiger partial charge in [0.1, 0.15) is 11.6 Å². The van der Waals surface area contributed by atoms with Gasteiger partial charge in [0.15, 0.2) is 0 Å². The smallest absolute Gasteiger partial charge is 0.122 e. The van der Waals surface area contributed by atoms with Gasteiger partial charge in [-0.05, 0) is 73.7 Å². The second-order valence-corrected chi connectivity index (χ2v) is 8.23. The second kappa shape index (κ2) is 9.36. The Morgan fingerprint density at radius 2 is 1.73 bits per heavy atom. The van der Waals surface area contributed by atoms with E-state index in [0.29, 0.717) is 0 Å². The number of imidazole rings is 1. The molecular formula is C26H27ClN2O. The van der Waals surface area contributed by atoms with Crippen molar-refractivity contribution in [3.05, 3.63) is 94.3 Å². The van der Waals surface area contributed by atoms with Gasteiger partial charge >= 0.3 is 0 Å². The number of benzene rings is 3. The molecule has 1 heterocycles. The van der Waals surface area contributed by atoms with E-state index in [1.54, 1.807) is 0 Å². The maximum absolute atomic E-state index is 6.04. The molecule has 3 nitrogen and oxygen atoms in total. The van der Waals surface area contributed by atoms with Crippen LogP contribution >= 0.6 is 11.6 Å². The summed E-state index contributed by atoms with van der Waals surface area (Å²) in [4.78, 5) is 4.90. The number of hydrogen-bond acceptors (Lipinski definition) is 2. The van der Waals surface area contributed by atoms with Gasteiger partial charge in [0.05, 0.1) is 17.6 Å². The van der Waals surface area contributed by atoms with E-state index >= 15 is 0 Å². The molecule has 0 amide bonds. The monoisotopic (exact) mass is 418 g/mol. The average molecular weight is 419 g/mol. The molecule has 0 unspecified atom stereocenters. The lowest BCUT2D eigenvalue weighted by Crippen LogP contribution is -2.07. The normalized spacial score (nSPS) is 11.2. The molecule has 30 heavy (non-hydrogen) atoms. The molecule has 0 aliphatic heterocycles. The molecule has 0 N–H and O–H groups in total. The first-order valence-corrected chi connectivity index (χ1v) is 10.9. The summed E-state index contributed by atoms with van der Waals surface area (Å²) < 4.78 is 8.37. The van der Waals surface area contributed by atoms with Crippen molar-refractivity contribution < 1.29 is 4.74 Å². The predicted octanol–water partition coefficient (Wildman–Crippen LogP) is 6.76. The Morgan fingerprint density at radius 3 is 2.57 bits per heavy atom. The predicted molar refractivity (Wildman–Crippen MR) is 125 cm³/mol. The molecule has 0 saturated heterocycles. The number of halogens is 1. The van der Waals surface area contributed by atoms with Crippen molar-refractivity contribution in [1.29, 1.82) is 0 Å². The first-order chi connectivity index (χ1) is 14.6. The van der Waals surface area contributed by atoms with Crippen molar-refractivity contribution >= 4 is 22.6 Å². The van der Waals surface area contributed by atoms with Gasteiger partial charge in [-0.15, -0.1) is 0 Å². The largest absolute Gasteiger partial charge is 0.493 e. The molecule has 4 aromatic rings. The number of nitrogens with zero attached hydrogens (tertiary/aromatic N) is 2. The number of hydrogen-bond donors (Lipinski definition) is 0. The highest BCUT2D eigenvalue weighted by Gasteiger charge is 2.11. The van der Waals surface area contributed by atoms with E-state index in [1.165, 1.54) is 22.2 Å².